The first-order valence-electron chi connectivity index (χ1n) is 8.29. The first-order valence-corrected chi connectivity index (χ1v) is 8.29. The number of hydrogen-bond acceptors (Lipinski definition) is 2. The Morgan fingerprint density at radius 2 is 2.04 bits per heavy atom. The fourth-order valence-electron chi connectivity index (χ4n) is 3.31. The van der Waals surface area contributed by atoms with Gasteiger partial charge in [-0.1, -0.05) is 32.0 Å². The monoisotopic (exact) mass is 327 g/mol. The molecule has 0 saturated heterocycles. The summed E-state index contributed by atoms with van der Waals surface area (Å²) in [5, 5.41) is 9.74. The molecule has 3 nitrogen and oxygen atoms in total. The second-order valence-electron chi connectivity index (χ2n) is 6.85. The van der Waals surface area contributed by atoms with E-state index in [0.717, 1.165) is 16.7 Å². The summed E-state index contributed by atoms with van der Waals surface area (Å²) in [4.78, 5) is 14.6. The molecule has 1 atom stereocenters. The number of halogens is 1. The molecule has 2 aromatic carbocycles. The van der Waals surface area contributed by atoms with Gasteiger partial charge in [-0.2, -0.15) is 0 Å². The summed E-state index contributed by atoms with van der Waals surface area (Å²) >= 11 is 0. The summed E-state index contributed by atoms with van der Waals surface area (Å²) in [5.41, 5.74) is 2.84. The van der Waals surface area contributed by atoms with Crippen LogP contribution in [0, 0.1) is 11.7 Å². The van der Waals surface area contributed by atoms with Crippen LogP contribution in [0.15, 0.2) is 42.5 Å². The lowest BCUT2D eigenvalue weighted by Gasteiger charge is -2.38. The molecule has 0 radical (unpaired) electrons. The van der Waals surface area contributed by atoms with Crippen LogP contribution in [0.4, 0.5) is 4.39 Å². The Balaban J connectivity index is 1.99. The van der Waals surface area contributed by atoms with Crippen LogP contribution in [0.2, 0.25) is 0 Å². The lowest BCUT2D eigenvalue weighted by Crippen LogP contribution is -2.39. The number of phenolic OH excluding ortho intramolecular Hbond substituents is 1. The molecule has 0 fully saturated rings. The van der Waals surface area contributed by atoms with E-state index in [4.69, 9.17) is 0 Å². The van der Waals surface area contributed by atoms with Crippen LogP contribution in [-0.2, 0) is 17.8 Å². The molecule has 1 aliphatic rings. The first kappa shape index (κ1) is 16.5. The van der Waals surface area contributed by atoms with Crippen LogP contribution in [0.1, 0.15) is 43.0 Å². The van der Waals surface area contributed by atoms with E-state index in [2.05, 4.69) is 0 Å². The molecule has 1 N–H and O–H groups in total. The van der Waals surface area contributed by atoms with Crippen molar-refractivity contribution in [2.24, 2.45) is 5.92 Å². The molecular formula is C20H22FNO2. The fourth-order valence-corrected chi connectivity index (χ4v) is 3.31. The van der Waals surface area contributed by atoms with E-state index >= 15 is 0 Å². The van der Waals surface area contributed by atoms with Crippen molar-refractivity contribution >= 4 is 5.91 Å². The maximum Gasteiger partial charge on any atom is 0.223 e. The Morgan fingerprint density at radius 1 is 1.25 bits per heavy atom. The van der Waals surface area contributed by atoms with Crippen molar-refractivity contribution in [2.75, 3.05) is 0 Å². The maximum atomic E-state index is 13.7. The largest absolute Gasteiger partial charge is 0.508 e. The minimum atomic E-state index is -0.300. The van der Waals surface area contributed by atoms with Gasteiger partial charge in [-0.3, -0.25) is 4.79 Å². The highest BCUT2D eigenvalue weighted by atomic mass is 19.1. The lowest BCUT2D eigenvalue weighted by atomic mass is 9.89. The van der Waals surface area contributed by atoms with Gasteiger partial charge in [-0.15, -0.1) is 0 Å². The molecule has 0 spiro atoms. The second-order valence-corrected chi connectivity index (χ2v) is 6.85. The molecule has 0 aliphatic carbocycles. The van der Waals surface area contributed by atoms with Crippen molar-refractivity contribution in [3.8, 4) is 5.75 Å². The van der Waals surface area contributed by atoms with E-state index in [1.165, 1.54) is 12.1 Å². The van der Waals surface area contributed by atoms with Crippen LogP contribution in [-0.4, -0.2) is 15.9 Å². The molecular weight excluding hydrogens is 305 g/mol. The summed E-state index contributed by atoms with van der Waals surface area (Å²) in [5.74, 6) is 0.268. The summed E-state index contributed by atoms with van der Waals surface area (Å²) in [7, 11) is 0. The zero-order valence-corrected chi connectivity index (χ0v) is 14.0. The fraction of sp³-hybridized carbons (Fsp3) is 0.350. The Kier molecular flexibility index (Phi) is 4.56. The number of amides is 1. The summed E-state index contributed by atoms with van der Waals surface area (Å²) in [6.45, 7) is 4.53. The van der Waals surface area contributed by atoms with E-state index in [-0.39, 0.29) is 29.4 Å². The number of carbonyl (C=O) groups excluding carboxylic acids is 1. The average Bonchev–Trinajstić information content (AvgIpc) is 2.53. The molecule has 0 saturated carbocycles. The van der Waals surface area contributed by atoms with Crippen molar-refractivity contribution in [1.82, 2.24) is 4.90 Å². The third-order valence-corrected chi connectivity index (χ3v) is 4.46. The Labute approximate surface area is 141 Å². The summed E-state index contributed by atoms with van der Waals surface area (Å²) in [6, 6.07) is 11.5. The van der Waals surface area contributed by atoms with Crippen LogP contribution in [0.25, 0.3) is 0 Å². The number of carbonyl (C=O) groups is 1. The third kappa shape index (κ3) is 3.42. The van der Waals surface area contributed by atoms with Crippen LogP contribution in [0.3, 0.4) is 0 Å². The van der Waals surface area contributed by atoms with Crippen LogP contribution in [0.5, 0.6) is 5.75 Å². The number of aromatic hydroxyl groups is 1. The molecule has 1 heterocycles. The number of phenols is 1. The van der Waals surface area contributed by atoms with E-state index in [0.29, 0.717) is 19.4 Å². The molecule has 1 aliphatic heterocycles. The number of rotatable bonds is 3. The van der Waals surface area contributed by atoms with Gasteiger partial charge in [-0.25, -0.2) is 4.39 Å². The highest BCUT2D eigenvalue weighted by Crippen LogP contribution is 2.35. The van der Waals surface area contributed by atoms with Gasteiger partial charge >= 0.3 is 0 Å². The standard InChI is InChI=1S/C20H22FNO2/c1-13(2)8-20(24)22-12-15-6-7-18(23)10-16(15)11-19(22)14-4-3-5-17(21)9-14/h3-7,9-10,13,19,23H,8,11-12H2,1-2H3. The first-order chi connectivity index (χ1) is 11.4. The lowest BCUT2D eigenvalue weighted by molar-refractivity contribution is -0.135. The summed E-state index contributed by atoms with van der Waals surface area (Å²) < 4.78 is 13.7. The molecule has 24 heavy (non-hydrogen) atoms. The van der Waals surface area contributed by atoms with Gasteiger partial charge in [0.25, 0.3) is 0 Å². The minimum Gasteiger partial charge on any atom is -0.508 e. The normalized spacial score (nSPS) is 17.0. The van der Waals surface area contributed by atoms with Crippen molar-refractivity contribution in [2.45, 2.75) is 39.3 Å². The quantitative estimate of drug-likeness (QED) is 0.917. The number of hydrogen-bond donors (Lipinski definition) is 1. The number of nitrogens with zero attached hydrogens (tertiary/aromatic N) is 1. The van der Waals surface area contributed by atoms with E-state index < -0.39 is 0 Å². The Morgan fingerprint density at radius 3 is 2.75 bits per heavy atom. The molecule has 3 rings (SSSR count). The smallest absolute Gasteiger partial charge is 0.223 e. The van der Waals surface area contributed by atoms with Gasteiger partial charge in [0.15, 0.2) is 0 Å². The third-order valence-electron chi connectivity index (χ3n) is 4.46. The average molecular weight is 327 g/mol. The Hall–Kier alpha value is -2.36. The molecule has 1 unspecified atom stereocenters. The molecule has 1 amide bonds. The van der Waals surface area contributed by atoms with Gasteiger partial charge in [0.05, 0.1) is 6.04 Å². The highest BCUT2D eigenvalue weighted by Gasteiger charge is 2.31. The van der Waals surface area contributed by atoms with Gasteiger partial charge in [0.2, 0.25) is 5.91 Å². The van der Waals surface area contributed by atoms with Crippen molar-refractivity contribution < 1.29 is 14.3 Å². The van der Waals surface area contributed by atoms with Crippen molar-refractivity contribution in [3.05, 3.63) is 65.0 Å². The molecule has 0 bridgehead atoms. The van der Waals surface area contributed by atoms with Gasteiger partial charge in [0, 0.05) is 13.0 Å². The molecule has 4 heteroatoms. The Bertz CT molecular complexity index is 757. The van der Waals surface area contributed by atoms with Gasteiger partial charge in [-0.05, 0) is 53.3 Å². The molecule has 126 valence electrons. The molecule has 0 aromatic heterocycles. The zero-order chi connectivity index (χ0) is 17.3. The van der Waals surface area contributed by atoms with Crippen molar-refractivity contribution in [3.63, 3.8) is 0 Å². The van der Waals surface area contributed by atoms with E-state index in [9.17, 15) is 14.3 Å². The predicted octanol–water partition coefficient (Wildman–Crippen LogP) is 4.20. The number of benzene rings is 2. The second kappa shape index (κ2) is 6.63. The van der Waals surface area contributed by atoms with Crippen molar-refractivity contribution in [1.29, 1.82) is 0 Å². The molecule has 2 aromatic rings. The van der Waals surface area contributed by atoms with E-state index in [1.807, 2.05) is 30.9 Å². The SMILES string of the molecule is CC(C)CC(=O)N1Cc2ccc(O)cc2CC1c1cccc(F)c1. The minimum absolute atomic E-state index is 0.0815. The van der Waals surface area contributed by atoms with E-state index in [1.54, 1.807) is 18.2 Å². The van der Waals surface area contributed by atoms with Gasteiger partial charge in [0.1, 0.15) is 11.6 Å². The number of fused-ring (bicyclic) bond motifs is 1. The summed E-state index contributed by atoms with van der Waals surface area (Å²) in [6.07, 6.45) is 1.05. The van der Waals surface area contributed by atoms with Crippen LogP contribution >= 0.6 is 0 Å². The predicted molar refractivity (Wildman–Crippen MR) is 91.0 cm³/mol. The zero-order valence-electron chi connectivity index (χ0n) is 14.0. The van der Waals surface area contributed by atoms with Crippen LogP contribution < -0.4 is 0 Å². The topological polar surface area (TPSA) is 40.5 Å². The maximum absolute atomic E-state index is 13.7. The highest BCUT2D eigenvalue weighted by molar-refractivity contribution is 5.77. The van der Waals surface area contributed by atoms with Gasteiger partial charge < -0.3 is 10.0 Å².